The lowest BCUT2D eigenvalue weighted by molar-refractivity contribution is 0.0833. The molecule has 0 radical (unpaired) electrons. The Hall–Kier alpha value is -2.70. The zero-order valence-corrected chi connectivity index (χ0v) is 21.0. The number of hydrogen-bond acceptors (Lipinski definition) is 6. The van der Waals surface area contributed by atoms with Crippen LogP contribution < -0.4 is 9.47 Å². The van der Waals surface area contributed by atoms with E-state index >= 15 is 0 Å². The van der Waals surface area contributed by atoms with Crippen LogP contribution in [0.25, 0.3) is 10.6 Å². The average Bonchev–Trinajstić information content (AvgIpc) is 3.32. The Morgan fingerprint density at radius 1 is 1.03 bits per heavy atom. The van der Waals surface area contributed by atoms with Crippen molar-refractivity contribution in [2.75, 3.05) is 26.3 Å². The highest BCUT2D eigenvalue weighted by Gasteiger charge is 2.27. The summed E-state index contributed by atoms with van der Waals surface area (Å²) in [7, 11) is 0. The molecule has 1 aromatic heterocycles. The van der Waals surface area contributed by atoms with Gasteiger partial charge in [0.15, 0.2) is 17.3 Å². The van der Waals surface area contributed by atoms with Gasteiger partial charge in [0.05, 0.1) is 5.69 Å². The van der Waals surface area contributed by atoms with E-state index in [1.54, 1.807) is 11.3 Å². The molecule has 2 aromatic carbocycles. The average molecular weight is 477 g/mol. The molecule has 0 bridgehead atoms. The predicted molar refractivity (Wildman–Crippen MR) is 136 cm³/mol. The van der Waals surface area contributed by atoms with Crippen molar-refractivity contribution in [1.82, 2.24) is 9.88 Å². The number of hydrogen-bond donors (Lipinski definition) is 0. The Kier molecular flexibility index (Phi) is 6.45. The highest BCUT2D eigenvalue weighted by molar-refractivity contribution is 7.13. The first-order valence-electron chi connectivity index (χ1n) is 12.1. The Labute approximate surface area is 205 Å². The lowest BCUT2D eigenvalue weighted by Crippen LogP contribution is -2.36. The standard InChI is InChI=1S/C28H32N2O3S/c1-28(2,3)22-7-4-20(5-8-22)27-29-23(18-34-27)17-30-12-10-19(11-13-30)26(31)21-6-9-24-25(16-21)33-15-14-32-24/h4-9,16,18-19H,10-15,17H2,1-3H3. The first kappa shape index (κ1) is 23.1. The molecule has 1 saturated heterocycles. The molecule has 0 saturated carbocycles. The molecule has 178 valence electrons. The number of piperidine rings is 1. The van der Waals surface area contributed by atoms with Crippen molar-refractivity contribution in [2.24, 2.45) is 5.92 Å². The molecule has 3 aromatic rings. The molecule has 0 amide bonds. The van der Waals surface area contributed by atoms with Crippen LogP contribution in [-0.2, 0) is 12.0 Å². The molecule has 2 aliphatic rings. The van der Waals surface area contributed by atoms with Crippen LogP contribution in [0, 0.1) is 5.92 Å². The predicted octanol–water partition coefficient (Wildman–Crippen LogP) is 5.97. The van der Waals surface area contributed by atoms with Gasteiger partial charge in [-0.25, -0.2) is 4.98 Å². The summed E-state index contributed by atoms with van der Waals surface area (Å²) in [5.74, 6) is 1.68. The van der Waals surface area contributed by atoms with Crippen LogP contribution in [0.1, 0.15) is 55.2 Å². The Bertz CT molecular complexity index is 1160. The summed E-state index contributed by atoms with van der Waals surface area (Å²) in [6, 6.07) is 14.3. The number of carbonyl (C=O) groups is 1. The van der Waals surface area contributed by atoms with E-state index in [0.717, 1.165) is 54.5 Å². The quantitative estimate of drug-likeness (QED) is 0.425. The fourth-order valence-corrected chi connectivity index (χ4v) is 5.46. The van der Waals surface area contributed by atoms with Gasteiger partial charge in [-0.3, -0.25) is 9.69 Å². The van der Waals surface area contributed by atoms with Gasteiger partial charge in [0.1, 0.15) is 18.2 Å². The van der Waals surface area contributed by atoms with E-state index < -0.39 is 0 Å². The number of ketones is 1. The minimum atomic E-state index is 0.0612. The molecular formula is C28H32N2O3S. The molecule has 0 spiro atoms. The minimum absolute atomic E-state index is 0.0612. The molecule has 0 unspecified atom stereocenters. The molecule has 0 N–H and O–H groups in total. The van der Waals surface area contributed by atoms with E-state index in [1.165, 1.54) is 11.1 Å². The summed E-state index contributed by atoms with van der Waals surface area (Å²) in [5, 5.41) is 3.23. The molecular weight excluding hydrogens is 444 g/mol. The lowest BCUT2D eigenvalue weighted by atomic mass is 9.87. The number of aromatic nitrogens is 1. The summed E-state index contributed by atoms with van der Waals surface area (Å²) in [5.41, 5.74) is 4.50. The number of fused-ring (bicyclic) bond motifs is 1. The Morgan fingerprint density at radius 2 is 1.74 bits per heavy atom. The van der Waals surface area contributed by atoms with Crippen molar-refractivity contribution in [3.8, 4) is 22.1 Å². The van der Waals surface area contributed by atoms with Gasteiger partial charge in [-0.15, -0.1) is 11.3 Å². The third kappa shape index (κ3) is 5.03. The molecule has 6 heteroatoms. The molecule has 2 aliphatic heterocycles. The molecule has 1 fully saturated rings. The van der Waals surface area contributed by atoms with Gasteiger partial charge in [-0.05, 0) is 55.1 Å². The van der Waals surface area contributed by atoms with Crippen molar-refractivity contribution >= 4 is 17.1 Å². The van der Waals surface area contributed by atoms with Gasteiger partial charge < -0.3 is 9.47 Å². The van der Waals surface area contributed by atoms with Crippen LogP contribution in [0.15, 0.2) is 47.8 Å². The van der Waals surface area contributed by atoms with Crippen LogP contribution in [0.2, 0.25) is 0 Å². The van der Waals surface area contributed by atoms with Crippen LogP contribution in [0.3, 0.4) is 0 Å². The van der Waals surface area contributed by atoms with Crippen LogP contribution in [-0.4, -0.2) is 42.0 Å². The molecule has 0 atom stereocenters. The summed E-state index contributed by atoms with van der Waals surface area (Å²) >= 11 is 1.70. The number of thiazole rings is 1. The van der Waals surface area contributed by atoms with Crippen molar-refractivity contribution in [2.45, 2.75) is 45.6 Å². The smallest absolute Gasteiger partial charge is 0.166 e. The number of nitrogens with zero attached hydrogens (tertiary/aromatic N) is 2. The largest absolute Gasteiger partial charge is 0.486 e. The second-order valence-electron chi connectivity index (χ2n) is 10.2. The number of carbonyl (C=O) groups excluding carboxylic acids is 1. The van der Waals surface area contributed by atoms with E-state index in [2.05, 4.69) is 55.3 Å². The van der Waals surface area contributed by atoms with Gasteiger partial charge >= 0.3 is 0 Å². The number of Topliss-reactive ketones (excluding diaryl/α,β-unsaturated/α-hetero) is 1. The van der Waals surface area contributed by atoms with Crippen molar-refractivity contribution in [3.63, 3.8) is 0 Å². The molecule has 5 nitrogen and oxygen atoms in total. The number of likely N-dealkylation sites (tertiary alicyclic amines) is 1. The third-order valence-corrected chi connectivity index (χ3v) is 7.66. The van der Waals surface area contributed by atoms with Gasteiger partial charge in [0, 0.05) is 29.0 Å². The fraction of sp³-hybridized carbons (Fsp3) is 0.429. The van der Waals surface area contributed by atoms with Crippen molar-refractivity contribution < 1.29 is 14.3 Å². The zero-order chi connectivity index (χ0) is 23.7. The van der Waals surface area contributed by atoms with Crippen molar-refractivity contribution in [1.29, 1.82) is 0 Å². The van der Waals surface area contributed by atoms with Crippen molar-refractivity contribution in [3.05, 3.63) is 64.7 Å². The van der Waals surface area contributed by atoms with Crippen LogP contribution >= 0.6 is 11.3 Å². The first-order valence-corrected chi connectivity index (χ1v) is 13.0. The maximum atomic E-state index is 13.1. The normalized spacial score (nSPS) is 17.0. The molecule has 34 heavy (non-hydrogen) atoms. The van der Waals surface area contributed by atoms with E-state index in [-0.39, 0.29) is 17.1 Å². The zero-order valence-electron chi connectivity index (χ0n) is 20.2. The summed E-state index contributed by atoms with van der Waals surface area (Å²) in [6.45, 7) is 10.4. The van der Waals surface area contributed by atoms with Gasteiger partial charge in [0.2, 0.25) is 0 Å². The molecule has 0 aliphatic carbocycles. The SMILES string of the molecule is CC(C)(C)c1ccc(-c2nc(CN3CCC(C(=O)c4ccc5c(c4)OCCO5)CC3)cs2)cc1. The Morgan fingerprint density at radius 3 is 2.44 bits per heavy atom. The second kappa shape index (κ2) is 9.51. The number of rotatable bonds is 5. The monoisotopic (exact) mass is 476 g/mol. The van der Waals surface area contributed by atoms with Gasteiger partial charge in [-0.1, -0.05) is 45.0 Å². The van der Waals surface area contributed by atoms with Gasteiger partial charge in [-0.2, -0.15) is 0 Å². The highest BCUT2D eigenvalue weighted by atomic mass is 32.1. The maximum Gasteiger partial charge on any atom is 0.166 e. The Balaban J connectivity index is 1.16. The first-order chi connectivity index (χ1) is 16.4. The number of benzene rings is 2. The highest BCUT2D eigenvalue weighted by Crippen LogP contribution is 2.33. The van der Waals surface area contributed by atoms with E-state index in [4.69, 9.17) is 14.5 Å². The van der Waals surface area contributed by atoms with Crippen LogP contribution in [0.5, 0.6) is 11.5 Å². The van der Waals surface area contributed by atoms with E-state index in [1.807, 2.05) is 18.2 Å². The summed E-state index contributed by atoms with van der Waals surface area (Å²) in [4.78, 5) is 20.4. The van der Waals surface area contributed by atoms with Crippen LogP contribution in [0.4, 0.5) is 0 Å². The minimum Gasteiger partial charge on any atom is -0.486 e. The van der Waals surface area contributed by atoms with Gasteiger partial charge in [0.25, 0.3) is 0 Å². The summed E-state index contributed by atoms with van der Waals surface area (Å²) in [6.07, 6.45) is 1.75. The molecule has 3 heterocycles. The maximum absolute atomic E-state index is 13.1. The van der Waals surface area contributed by atoms with E-state index in [0.29, 0.717) is 19.0 Å². The second-order valence-corrected chi connectivity index (χ2v) is 11.1. The van der Waals surface area contributed by atoms with E-state index in [9.17, 15) is 4.79 Å². The third-order valence-electron chi connectivity index (χ3n) is 6.72. The number of ether oxygens (including phenoxy) is 2. The fourth-order valence-electron chi connectivity index (χ4n) is 4.64. The molecule has 5 rings (SSSR count). The lowest BCUT2D eigenvalue weighted by Gasteiger charge is -2.30. The topological polar surface area (TPSA) is 51.7 Å². The summed E-state index contributed by atoms with van der Waals surface area (Å²) < 4.78 is 11.2.